The number of amides is 3. The van der Waals surface area contributed by atoms with Gasteiger partial charge in [0.2, 0.25) is 0 Å². The number of thiol groups is 1. The molecule has 278 valence electrons. The third-order valence-electron chi connectivity index (χ3n) is 9.53. The third-order valence-corrected chi connectivity index (χ3v) is 11.1. The van der Waals surface area contributed by atoms with E-state index in [0.29, 0.717) is 79.6 Å². The topological polar surface area (TPSA) is 148 Å². The number of ether oxygens (including phenoxy) is 5. The molecule has 3 aliphatic heterocycles. The average Bonchev–Trinajstić information content (AvgIpc) is 3.42. The van der Waals surface area contributed by atoms with Crippen molar-refractivity contribution in [2.45, 2.75) is 68.5 Å². The standard InChI is InChI=1S/C37H44N4O9S2/c1-21-11-28-35(44)41(36(45)50-19-23(3)52-51)27-15-32(30(47-5)13-25(27)34(43)40(28)18-21)49-10-8-6-7-9-48-31-14-26-24(12-29(31)46-4)33(42)39-37(20-38-26)16-22(2)17-37/h12-15,20,23,28,35,44,51H,1-2,6-11,16-19H2,3-5H3,(H,39,42). The van der Waals surface area contributed by atoms with Crippen LogP contribution in [0.4, 0.5) is 16.2 Å². The van der Waals surface area contributed by atoms with Crippen molar-refractivity contribution in [2.24, 2.45) is 4.99 Å². The highest BCUT2D eigenvalue weighted by atomic mass is 33.1. The van der Waals surface area contributed by atoms with Crippen LogP contribution in [0.2, 0.25) is 0 Å². The van der Waals surface area contributed by atoms with Gasteiger partial charge < -0.3 is 39.0 Å². The molecule has 0 bridgehead atoms. The number of nitrogens with one attached hydrogen (secondary N) is 1. The molecule has 3 atom stereocenters. The first-order valence-corrected chi connectivity index (χ1v) is 19.1. The maximum Gasteiger partial charge on any atom is 0.416 e. The summed E-state index contributed by atoms with van der Waals surface area (Å²) in [6, 6.07) is 5.78. The lowest BCUT2D eigenvalue weighted by atomic mass is 9.74. The fourth-order valence-electron chi connectivity index (χ4n) is 6.87. The maximum absolute atomic E-state index is 13.8. The van der Waals surface area contributed by atoms with Crippen LogP contribution in [0.5, 0.6) is 23.0 Å². The van der Waals surface area contributed by atoms with Gasteiger partial charge in [-0.2, -0.15) is 0 Å². The second kappa shape index (κ2) is 15.7. The lowest BCUT2D eigenvalue weighted by Crippen LogP contribution is -2.55. The Morgan fingerprint density at radius 3 is 2.31 bits per heavy atom. The molecule has 15 heteroatoms. The Bertz CT molecular complexity index is 1790. The van der Waals surface area contributed by atoms with Crippen molar-refractivity contribution >= 4 is 58.0 Å². The zero-order chi connectivity index (χ0) is 37.2. The summed E-state index contributed by atoms with van der Waals surface area (Å²) in [5.74, 6) is 0.999. The monoisotopic (exact) mass is 752 g/mol. The number of methoxy groups -OCH3 is 2. The number of anilines is 1. The number of unbranched alkanes of at least 4 members (excludes halogenated alkanes) is 2. The van der Waals surface area contributed by atoms with E-state index in [1.54, 1.807) is 24.4 Å². The molecule has 2 fully saturated rings. The summed E-state index contributed by atoms with van der Waals surface area (Å²) >= 11 is 4.19. The number of hydrogen-bond acceptors (Lipinski definition) is 12. The van der Waals surface area contributed by atoms with Crippen molar-refractivity contribution < 1.29 is 43.2 Å². The minimum atomic E-state index is -1.38. The maximum atomic E-state index is 13.8. The molecule has 6 rings (SSSR count). The Kier molecular flexibility index (Phi) is 11.3. The quantitative estimate of drug-likeness (QED) is 0.0981. The predicted octanol–water partition coefficient (Wildman–Crippen LogP) is 5.88. The highest BCUT2D eigenvalue weighted by Crippen LogP contribution is 2.43. The van der Waals surface area contributed by atoms with E-state index in [-0.39, 0.29) is 41.5 Å². The first-order valence-electron chi connectivity index (χ1n) is 17.1. The van der Waals surface area contributed by atoms with Gasteiger partial charge in [-0.1, -0.05) is 35.1 Å². The van der Waals surface area contributed by atoms with Gasteiger partial charge in [0.25, 0.3) is 11.8 Å². The lowest BCUT2D eigenvalue weighted by molar-refractivity contribution is 0.0491. The highest BCUT2D eigenvalue weighted by Gasteiger charge is 2.46. The Hall–Kier alpha value is -4.34. The fourth-order valence-corrected chi connectivity index (χ4v) is 7.18. The summed E-state index contributed by atoms with van der Waals surface area (Å²) in [7, 11) is 4.25. The highest BCUT2D eigenvalue weighted by molar-refractivity contribution is 8.68. The molecule has 52 heavy (non-hydrogen) atoms. The van der Waals surface area contributed by atoms with Crippen LogP contribution >= 0.6 is 22.5 Å². The Balaban J connectivity index is 1.09. The van der Waals surface area contributed by atoms with Crippen molar-refractivity contribution in [3.8, 4) is 23.0 Å². The number of aliphatic hydroxyl groups is 1. The number of nitrogens with zero attached hydrogens (tertiary/aromatic N) is 3. The van der Waals surface area contributed by atoms with Gasteiger partial charge in [-0.25, -0.2) is 9.69 Å². The van der Waals surface area contributed by atoms with Crippen molar-refractivity contribution in [2.75, 3.05) is 45.5 Å². The number of carbonyl (C=O) groups excluding carboxylic acids is 3. The SMILES string of the molecule is C=C1CC2C(O)N(C(=O)OCC(C)SS)c3cc(OCCCCCOc4cc5c(cc4OC)C(=O)NC4(C=N5)CC(=C)C4)c(OC)cc3C(=O)N2C1. The number of hydrogen-bond donors (Lipinski definition) is 3. The molecule has 1 saturated heterocycles. The molecule has 2 N–H and O–H groups in total. The number of fused-ring (bicyclic) bond motifs is 3. The Labute approximate surface area is 312 Å². The molecular formula is C37H44N4O9S2. The summed E-state index contributed by atoms with van der Waals surface area (Å²) in [5, 5.41) is 14.5. The van der Waals surface area contributed by atoms with E-state index in [1.165, 1.54) is 36.0 Å². The van der Waals surface area contributed by atoms with E-state index in [9.17, 15) is 19.5 Å². The van der Waals surface area contributed by atoms with E-state index in [0.717, 1.165) is 22.5 Å². The van der Waals surface area contributed by atoms with Crippen LogP contribution in [-0.2, 0) is 4.74 Å². The van der Waals surface area contributed by atoms with Gasteiger partial charge in [0.05, 0.1) is 61.5 Å². The molecule has 1 aliphatic carbocycles. The molecule has 3 heterocycles. The van der Waals surface area contributed by atoms with Gasteiger partial charge in [-0.15, -0.1) is 11.7 Å². The molecule has 1 saturated carbocycles. The van der Waals surface area contributed by atoms with Crippen LogP contribution < -0.4 is 29.2 Å². The minimum Gasteiger partial charge on any atom is -0.493 e. The second-order valence-corrected chi connectivity index (χ2v) is 15.1. The van der Waals surface area contributed by atoms with Gasteiger partial charge in [0.1, 0.15) is 6.61 Å². The van der Waals surface area contributed by atoms with Gasteiger partial charge in [0, 0.05) is 30.1 Å². The van der Waals surface area contributed by atoms with Crippen LogP contribution in [0.3, 0.4) is 0 Å². The molecule has 13 nitrogen and oxygen atoms in total. The molecule has 0 aromatic heterocycles. The first-order chi connectivity index (χ1) is 25.0. The van der Waals surface area contributed by atoms with Crippen LogP contribution in [0, 0.1) is 0 Å². The average molecular weight is 753 g/mol. The molecule has 3 unspecified atom stereocenters. The Morgan fingerprint density at radius 2 is 1.67 bits per heavy atom. The van der Waals surface area contributed by atoms with Crippen LogP contribution in [0.15, 0.2) is 53.6 Å². The second-order valence-electron chi connectivity index (χ2n) is 13.5. The van der Waals surface area contributed by atoms with E-state index >= 15 is 0 Å². The van der Waals surface area contributed by atoms with Gasteiger partial charge in [-0.05, 0) is 57.6 Å². The van der Waals surface area contributed by atoms with Crippen molar-refractivity contribution in [3.05, 3.63) is 59.7 Å². The van der Waals surface area contributed by atoms with E-state index in [2.05, 4.69) is 35.1 Å². The van der Waals surface area contributed by atoms with Crippen LogP contribution in [0.25, 0.3) is 0 Å². The number of aliphatic imine (C=N–C) groups is 1. The summed E-state index contributed by atoms with van der Waals surface area (Å²) in [4.78, 5) is 47.5. The molecule has 0 radical (unpaired) electrons. The zero-order valence-corrected chi connectivity index (χ0v) is 31.2. The molecule has 2 aromatic carbocycles. The van der Waals surface area contributed by atoms with E-state index < -0.39 is 23.9 Å². The predicted molar refractivity (Wildman–Crippen MR) is 202 cm³/mol. The number of benzene rings is 2. The summed E-state index contributed by atoms with van der Waals surface area (Å²) in [6.07, 6.45) is 3.42. The number of rotatable bonds is 13. The smallest absolute Gasteiger partial charge is 0.416 e. The summed E-state index contributed by atoms with van der Waals surface area (Å²) < 4.78 is 28.9. The zero-order valence-electron chi connectivity index (χ0n) is 29.5. The fraction of sp³-hybridized carbons (Fsp3) is 0.459. The molecule has 3 amide bonds. The molecule has 2 aromatic rings. The Morgan fingerprint density at radius 1 is 1.02 bits per heavy atom. The van der Waals surface area contributed by atoms with E-state index in [4.69, 9.17) is 23.7 Å². The van der Waals surface area contributed by atoms with Crippen LogP contribution in [0.1, 0.15) is 66.2 Å². The largest absolute Gasteiger partial charge is 0.493 e. The van der Waals surface area contributed by atoms with Crippen molar-refractivity contribution in [1.82, 2.24) is 10.2 Å². The van der Waals surface area contributed by atoms with Crippen molar-refractivity contribution in [3.63, 3.8) is 0 Å². The lowest BCUT2D eigenvalue weighted by Gasteiger charge is -2.40. The summed E-state index contributed by atoms with van der Waals surface area (Å²) in [5.41, 5.74) is 2.65. The van der Waals surface area contributed by atoms with E-state index in [1.807, 2.05) is 6.92 Å². The third kappa shape index (κ3) is 7.57. The number of carbonyl (C=O) groups is 3. The molecule has 4 aliphatic rings. The normalized spacial score (nSPS) is 20.6. The van der Waals surface area contributed by atoms with Crippen LogP contribution in [-0.4, -0.2) is 97.8 Å². The van der Waals surface area contributed by atoms with Gasteiger partial charge >= 0.3 is 6.09 Å². The van der Waals surface area contributed by atoms with Gasteiger partial charge in [-0.3, -0.25) is 14.6 Å². The summed E-state index contributed by atoms with van der Waals surface area (Å²) in [6.45, 7) is 10.9. The number of aliphatic hydroxyl groups excluding tert-OH is 1. The van der Waals surface area contributed by atoms with Gasteiger partial charge in [0.15, 0.2) is 29.2 Å². The minimum absolute atomic E-state index is 0.0611. The first kappa shape index (κ1) is 37.4. The molecular weight excluding hydrogens is 709 g/mol. The molecule has 1 spiro atoms. The van der Waals surface area contributed by atoms with Crippen molar-refractivity contribution in [1.29, 1.82) is 0 Å².